The van der Waals surface area contributed by atoms with Crippen LogP contribution >= 0.6 is 0 Å². The quantitative estimate of drug-likeness (QED) is 0.705. The minimum atomic E-state index is -0.831. The maximum atomic E-state index is 12.1. The zero-order valence-corrected chi connectivity index (χ0v) is 12.7. The molecule has 0 radical (unpaired) electrons. The van der Waals surface area contributed by atoms with Gasteiger partial charge < -0.3 is 11.1 Å². The van der Waals surface area contributed by atoms with Gasteiger partial charge in [-0.25, -0.2) is 4.79 Å². The molecule has 0 spiro atoms. The van der Waals surface area contributed by atoms with Crippen molar-refractivity contribution in [3.8, 4) is 0 Å². The van der Waals surface area contributed by atoms with E-state index in [0.29, 0.717) is 6.54 Å². The molecule has 3 amide bonds. The molecule has 0 saturated carbocycles. The van der Waals surface area contributed by atoms with E-state index in [1.54, 1.807) is 0 Å². The molecule has 0 aromatic heterocycles. The molecule has 0 unspecified atom stereocenters. The molecule has 0 fully saturated rings. The first-order valence-electron chi connectivity index (χ1n) is 7.73. The van der Waals surface area contributed by atoms with Crippen molar-refractivity contribution in [3.63, 3.8) is 0 Å². The Morgan fingerprint density at radius 2 is 1.95 bits per heavy atom. The molecule has 5 nitrogen and oxygen atoms in total. The first-order chi connectivity index (χ1) is 10.7. The minimum absolute atomic E-state index is 0.420. The van der Waals surface area contributed by atoms with E-state index in [9.17, 15) is 9.59 Å². The molecule has 1 aromatic carbocycles. The van der Waals surface area contributed by atoms with E-state index in [1.165, 1.54) is 18.4 Å². The summed E-state index contributed by atoms with van der Waals surface area (Å²) in [5.74, 6) is -0.420. The molecule has 0 heterocycles. The second-order valence-corrected chi connectivity index (χ2v) is 5.51. The fourth-order valence-electron chi connectivity index (χ4n) is 2.71. The average Bonchev–Trinajstić information content (AvgIpc) is 2.52. The molecular weight excluding hydrogens is 278 g/mol. The highest BCUT2D eigenvalue weighted by atomic mass is 16.2. The monoisotopic (exact) mass is 301 g/mol. The number of allylic oxidation sites excluding steroid dienone is 1. The van der Waals surface area contributed by atoms with Crippen molar-refractivity contribution in [2.45, 2.75) is 38.1 Å². The van der Waals surface area contributed by atoms with Gasteiger partial charge in [0.1, 0.15) is 6.04 Å². The molecule has 1 aliphatic rings. The Morgan fingerprint density at radius 1 is 1.18 bits per heavy atom. The maximum Gasteiger partial charge on any atom is 0.318 e. The van der Waals surface area contributed by atoms with E-state index in [-0.39, 0.29) is 0 Å². The number of carbonyl (C=O) groups is 2. The highest BCUT2D eigenvalue weighted by molar-refractivity contribution is 5.96. The number of primary amides is 1. The number of urea groups is 1. The van der Waals surface area contributed by atoms with Gasteiger partial charge in [0.05, 0.1) is 0 Å². The van der Waals surface area contributed by atoms with Crippen LogP contribution in [0, 0.1) is 0 Å². The fraction of sp³-hybridized carbons (Fsp3) is 0.412. The first-order valence-corrected chi connectivity index (χ1v) is 7.73. The van der Waals surface area contributed by atoms with Crippen molar-refractivity contribution in [2.75, 3.05) is 6.54 Å². The highest BCUT2D eigenvalue weighted by Gasteiger charge is 2.21. The van der Waals surface area contributed by atoms with Gasteiger partial charge in [-0.3, -0.25) is 10.1 Å². The standard InChI is InChI=1S/C17H23N3O2/c18-17(22)20-16(21)15(14-9-5-2-6-10-14)19-12-11-13-7-3-1-4-8-13/h2,5-7,9-10,15,19H,1,3-4,8,11-12H2,(H3,18,20,21,22)/t15-/m1/s1. The number of imide groups is 1. The number of hydrogen-bond acceptors (Lipinski definition) is 3. The largest absolute Gasteiger partial charge is 0.351 e. The SMILES string of the molecule is NC(=O)NC(=O)[C@H](NCCC1=CCCCC1)c1ccccc1. The number of amides is 3. The number of rotatable bonds is 6. The normalized spacial score (nSPS) is 15.7. The van der Waals surface area contributed by atoms with Crippen LogP contribution in [0.25, 0.3) is 0 Å². The third-order valence-electron chi connectivity index (χ3n) is 3.82. The smallest absolute Gasteiger partial charge is 0.318 e. The van der Waals surface area contributed by atoms with Gasteiger partial charge in [0, 0.05) is 0 Å². The van der Waals surface area contributed by atoms with E-state index in [4.69, 9.17) is 5.73 Å². The molecule has 4 N–H and O–H groups in total. The molecule has 118 valence electrons. The lowest BCUT2D eigenvalue weighted by Crippen LogP contribution is -2.43. The van der Waals surface area contributed by atoms with Crippen molar-refractivity contribution in [1.82, 2.24) is 10.6 Å². The number of nitrogens with one attached hydrogen (secondary N) is 2. The molecule has 1 aliphatic carbocycles. The van der Waals surface area contributed by atoms with Gasteiger partial charge in [0.15, 0.2) is 0 Å². The van der Waals surface area contributed by atoms with E-state index in [1.807, 2.05) is 30.3 Å². The summed E-state index contributed by atoms with van der Waals surface area (Å²) in [5, 5.41) is 5.38. The molecule has 1 atom stereocenters. The number of hydrogen-bond donors (Lipinski definition) is 3. The van der Waals surface area contributed by atoms with Crippen LogP contribution in [0.4, 0.5) is 4.79 Å². The molecule has 0 aliphatic heterocycles. The summed E-state index contributed by atoms with van der Waals surface area (Å²) in [4.78, 5) is 23.1. The van der Waals surface area contributed by atoms with Crippen LogP contribution in [0.15, 0.2) is 42.0 Å². The zero-order valence-electron chi connectivity index (χ0n) is 12.7. The molecule has 0 bridgehead atoms. The average molecular weight is 301 g/mol. The summed E-state index contributed by atoms with van der Waals surface area (Å²) < 4.78 is 0. The van der Waals surface area contributed by atoms with Gasteiger partial charge in [0.2, 0.25) is 5.91 Å². The molecule has 2 rings (SSSR count). The molecule has 1 aromatic rings. The van der Waals surface area contributed by atoms with Crippen LogP contribution in [0.1, 0.15) is 43.7 Å². The van der Waals surface area contributed by atoms with Gasteiger partial charge in [-0.1, -0.05) is 42.0 Å². The predicted molar refractivity (Wildman–Crippen MR) is 86.1 cm³/mol. The number of carbonyl (C=O) groups excluding carboxylic acids is 2. The van der Waals surface area contributed by atoms with Gasteiger partial charge in [-0.2, -0.15) is 0 Å². The highest BCUT2D eigenvalue weighted by Crippen LogP contribution is 2.20. The Bertz CT molecular complexity index is 540. The number of nitrogens with two attached hydrogens (primary N) is 1. The summed E-state index contributed by atoms with van der Waals surface area (Å²) in [6, 6.07) is 7.94. The second-order valence-electron chi connectivity index (χ2n) is 5.51. The lowest BCUT2D eigenvalue weighted by atomic mass is 9.97. The summed E-state index contributed by atoms with van der Waals surface area (Å²) >= 11 is 0. The van der Waals surface area contributed by atoms with Crippen LogP contribution in [0.3, 0.4) is 0 Å². The third-order valence-corrected chi connectivity index (χ3v) is 3.82. The van der Waals surface area contributed by atoms with E-state index in [2.05, 4.69) is 16.7 Å². The lowest BCUT2D eigenvalue weighted by molar-refractivity contribution is -0.122. The van der Waals surface area contributed by atoms with Crippen LogP contribution in [-0.2, 0) is 4.79 Å². The van der Waals surface area contributed by atoms with Crippen LogP contribution in [0.5, 0.6) is 0 Å². The molecular formula is C17H23N3O2. The Kier molecular flexibility index (Phi) is 6.15. The van der Waals surface area contributed by atoms with Crippen molar-refractivity contribution in [1.29, 1.82) is 0 Å². The fourth-order valence-corrected chi connectivity index (χ4v) is 2.71. The number of benzene rings is 1. The second kappa shape index (κ2) is 8.34. The Balaban J connectivity index is 1.96. The van der Waals surface area contributed by atoms with Gasteiger partial charge in [-0.05, 0) is 44.2 Å². The molecule has 5 heteroatoms. The van der Waals surface area contributed by atoms with Crippen molar-refractivity contribution in [2.24, 2.45) is 5.73 Å². The van der Waals surface area contributed by atoms with Crippen molar-refractivity contribution < 1.29 is 9.59 Å². The first kappa shape index (κ1) is 16.2. The van der Waals surface area contributed by atoms with Crippen LogP contribution < -0.4 is 16.4 Å². The van der Waals surface area contributed by atoms with Crippen molar-refractivity contribution >= 4 is 11.9 Å². The summed E-state index contributed by atoms with van der Waals surface area (Å²) in [6.07, 6.45) is 8.03. The Hall–Kier alpha value is -2.14. The minimum Gasteiger partial charge on any atom is -0.351 e. The van der Waals surface area contributed by atoms with Crippen LogP contribution in [0.2, 0.25) is 0 Å². The van der Waals surface area contributed by atoms with E-state index in [0.717, 1.165) is 24.8 Å². The zero-order chi connectivity index (χ0) is 15.8. The topological polar surface area (TPSA) is 84.2 Å². The summed E-state index contributed by atoms with van der Waals surface area (Å²) in [5.41, 5.74) is 7.31. The third kappa shape index (κ3) is 5.00. The van der Waals surface area contributed by atoms with Crippen LogP contribution in [-0.4, -0.2) is 18.5 Å². The van der Waals surface area contributed by atoms with E-state index < -0.39 is 18.0 Å². The lowest BCUT2D eigenvalue weighted by Gasteiger charge is -2.19. The van der Waals surface area contributed by atoms with E-state index >= 15 is 0 Å². The molecule has 22 heavy (non-hydrogen) atoms. The predicted octanol–water partition coefficient (Wildman–Crippen LogP) is 2.40. The van der Waals surface area contributed by atoms with Crippen molar-refractivity contribution in [3.05, 3.63) is 47.5 Å². The summed E-state index contributed by atoms with van der Waals surface area (Å²) in [7, 11) is 0. The van der Waals surface area contributed by atoms with Gasteiger partial charge in [0.25, 0.3) is 0 Å². The summed E-state index contributed by atoms with van der Waals surface area (Å²) in [6.45, 7) is 0.692. The molecule has 0 saturated heterocycles. The van der Waals surface area contributed by atoms with Gasteiger partial charge >= 0.3 is 6.03 Å². The Morgan fingerprint density at radius 3 is 2.59 bits per heavy atom. The Labute approximate surface area is 131 Å². The maximum absolute atomic E-state index is 12.1. The van der Waals surface area contributed by atoms with Gasteiger partial charge in [-0.15, -0.1) is 0 Å².